The highest BCUT2D eigenvalue weighted by atomic mass is 32.1. The maximum atomic E-state index is 4.84. The van der Waals surface area contributed by atoms with Crippen LogP contribution in [0.25, 0.3) is 32.4 Å². The van der Waals surface area contributed by atoms with Crippen LogP contribution in [0.2, 0.25) is 0 Å². The predicted molar refractivity (Wildman–Crippen MR) is 102 cm³/mol. The van der Waals surface area contributed by atoms with E-state index in [0.717, 1.165) is 40.8 Å². The lowest BCUT2D eigenvalue weighted by molar-refractivity contribution is 0.459. The Morgan fingerprint density at radius 2 is 2.04 bits per heavy atom. The molecule has 0 bridgehead atoms. The Balaban J connectivity index is 1.54. The van der Waals surface area contributed by atoms with E-state index in [1.165, 1.54) is 22.5 Å². The van der Waals surface area contributed by atoms with Crippen molar-refractivity contribution in [1.29, 1.82) is 0 Å². The summed E-state index contributed by atoms with van der Waals surface area (Å²) < 4.78 is 3.07. The van der Waals surface area contributed by atoms with Gasteiger partial charge in [-0.15, -0.1) is 11.3 Å². The van der Waals surface area contributed by atoms with Gasteiger partial charge in [0.05, 0.1) is 32.6 Å². The van der Waals surface area contributed by atoms with Crippen LogP contribution < -0.4 is 5.32 Å². The molecule has 0 saturated carbocycles. The quantitative estimate of drug-likeness (QED) is 0.599. The first-order chi connectivity index (χ1) is 12.3. The maximum absolute atomic E-state index is 4.84. The number of aryl methyl sites for hydroxylation is 1. The van der Waals surface area contributed by atoms with Crippen molar-refractivity contribution in [2.75, 3.05) is 13.1 Å². The number of rotatable bonds is 2. The Morgan fingerprint density at radius 3 is 2.92 bits per heavy atom. The standard InChI is InChI=1S/C19H19N5S/c1-24-11-14-8-13(2-3-15(14)23-24)16-9-18-17(10-21-16)22-19(25-18)12-4-6-20-7-5-12/h2-3,8-12,20H,4-7H2,1H3. The zero-order valence-electron chi connectivity index (χ0n) is 14.1. The molecule has 1 N–H and O–H groups in total. The summed E-state index contributed by atoms with van der Waals surface area (Å²) in [6, 6.07) is 8.49. The van der Waals surface area contributed by atoms with E-state index in [-0.39, 0.29) is 0 Å². The first-order valence-corrected chi connectivity index (χ1v) is 9.49. The number of thiazole rings is 1. The molecule has 3 aromatic heterocycles. The van der Waals surface area contributed by atoms with E-state index in [4.69, 9.17) is 4.98 Å². The van der Waals surface area contributed by atoms with Crippen LogP contribution in [0.1, 0.15) is 23.8 Å². The molecule has 0 unspecified atom stereocenters. The van der Waals surface area contributed by atoms with Gasteiger partial charge in [0.25, 0.3) is 0 Å². The lowest BCUT2D eigenvalue weighted by Crippen LogP contribution is -2.26. The van der Waals surface area contributed by atoms with Crippen molar-refractivity contribution in [3.63, 3.8) is 0 Å². The number of piperidine rings is 1. The molecule has 25 heavy (non-hydrogen) atoms. The van der Waals surface area contributed by atoms with E-state index in [2.05, 4.69) is 39.7 Å². The fourth-order valence-electron chi connectivity index (χ4n) is 3.56. The van der Waals surface area contributed by atoms with Gasteiger partial charge in [-0.05, 0) is 44.1 Å². The molecule has 0 atom stereocenters. The average molecular weight is 349 g/mol. The van der Waals surface area contributed by atoms with Crippen LogP contribution in [0, 0.1) is 0 Å². The van der Waals surface area contributed by atoms with Gasteiger partial charge in [0.1, 0.15) is 0 Å². The zero-order valence-corrected chi connectivity index (χ0v) is 14.9. The van der Waals surface area contributed by atoms with Gasteiger partial charge in [-0.3, -0.25) is 9.67 Å². The van der Waals surface area contributed by atoms with E-state index in [1.807, 2.05) is 35.5 Å². The number of benzene rings is 1. The molecule has 1 fully saturated rings. The second-order valence-corrected chi connectivity index (χ2v) is 7.75. The van der Waals surface area contributed by atoms with Crippen LogP contribution in [0.15, 0.2) is 36.7 Å². The third kappa shape index (κ3) is 2.71. The Labute approximate surface area is 149 Å². The van der Waals surface area contributed by atoms with Crippen molar-refractivity contribution < 1.29 is 0 Å². The molecule has 6 heteroatoms. The normalized spacial score (nSPS) is 16.0. The van der Waals surface area contributed by atoms with Gasteiger partial charge >= 0.3 is 0 Å². The summed E-state index contributed by atoms with van der Waals surface area (Å²) in [5, 5.41) is 10.3. The molecule has 126 valence electrons. The summed E-state index contributed by atoms with van der Waals surface area (Å²) in [4.78, 5) is 9.49. The lowest BCUT2D eigenvalue weighted by atomic mass is 9.99. The Hall–Kier alpha value is -2.31. The SMILES string of the molecule is Cn1cc2cc(-c3cc4sc(C5CCNCC5)nc4cn3)ccc2n1. The van der Waals surface area contributed by atoms with Gasteiger partial charge in [-0.1, -0.05) is 6.07 Å². The van der Waals surface area contributed by atoms with Gasteiger partial charge in [0, 0.05) is 30.1 Å². The summed E-state index contributed by atoms with van der Waals surface area (Å²) in [7, 11) is 1.95. The van der Waals surface area contributed by atoms with Gasteiger partial charge < -0.3 is 5.32 Å². The molecule has 1 aliphatic rings. The van der Waals surface area contributed by atoms with Crippen LogP contribution in [-0.2, 0) is 7.05 Å². The number of nitrogens with one attached hydrogen (secondary N) is 1. The van der Waals surface area contributed by atoms with E-state index >= 15 is 0 Å². The third-order valence-electron chi connectivity index (χ3n) is 4.89. The van der Waals surface area contributed by atoms with E-state index in [0.29, 0.717) is 5.92 Å². The number of fused-ring (bicyclic) bond motifs is 2. The Bertz CT molecular complexity index is 1060. The summed E-state index contributed by atoms with van der Waals surface area (Å²) >= 11 is 1.83. The molecule has 1 aliphatic heterocycles. The molecule has 0 amide bonds. The molecule has 0 radical (unpaired) electrons. The van der Waals surface area contributed by atoms with E-state index in [1.54, 1.807) is 0 Å². The summed E-state index contributed by atoms with van der Waals surface area (Å²) in [5.74, 6) is 0.592. The first-order valence-electron chi connectivity index (χ1n) is 8.67. The monoisotopic (exact) mass is 349 g/mol. The molecule has 0 aliphatic carbocycles. The van der Waals surface area contributed by atoms with Crippen LogP contribution in [0.4, 0.5) is 0 Å². The van der Waals surface area contributed by atoms with Crippen molar-refractivity contribution in [2.45, 2.75) is 18.8 Å². The van der Waals surface area contributed by atoms with Gasteiger partial charge in [-0.25, -0.2) is 4.98 Å². The van der Waals surface area contributed by atoms with Crippen LogP contribution in [-0.4, -0.2) is 32.8 Å². The second-order valence-electron chi connectivity index (χ2n) is 6.69. The van der Waals surface area contributed by atoms with Crippen molar-refractivity contribution in [2.24, 2.45) is 7.05 Å². The molecular formula is C19H19N5S. The number of pyridine rings is 1. The number of aromatic nitrogens is 4. The fourth-order valence-corrected chi connectivity index (χ4v) is 4.70. The molecule has 5 rings (SSSR count). The third-order valence-corrected chi connectivity index (χ3v) is 6.08. The fraction of sp³-hybridized carbons (Fsp3) is 0.316. The minimum Gasteiger partial charge on any atom is -0.317 e. The summed E-state index contributed by atoms with van der Waals surface area (Å²) in [6.07, 6.45) is 6.31. The highest BCUT2D eigenvalue weighted by Crippen LogP contribution is 2.34. The van der Waals surface area contributed by atoms with Crippen LogP contribution >= 0.6 is 11.3 Å². The lowest BCUT2D eigenvalue weighted by Gasteiger charge is -2.20. The van der Waals surface area contributed by atoms with Gasteiger partial charge in [0.2, 0.25) is 0 Å². The molecule has 5 nitrogen and oxygen atoms in total. The number of hydrogen-bond donors (Lipinski definition) is 1. The molecule has 1 aromatic carbocycles. The molecule has 4 heterocycles. The van der Waals surface area contributed by atoms with Crippen molar-refractivity contribution in [1.82, 2.24) is 25.1 Å². The topological polar surface area (TPSA) is 55.6 Å². The zero-order chi connectivity index (χ0) is 16.8. The molecule has 1 saturated heterocycles. The highest BCUT2D eigenvalue weighted by Gasteiger charge is 2.19. The first kappa shape index (κ1) is 15.0. The van der Waals surface area contributed by atoms with Crippen molar-refractivity contribution >= 4 is 32.5 Å². The number of hydrogen-bond acceptors (Lipinski definition) is 5. The average Bonchev–Trinajstić information content (AvgIpc) is 3.23. The smallest absolute Gasteiger partial charge is 0.0999 e. The Kier molecular flexibility index (Phi) is 3.53. The van der Waals surface area contributed by atoms with E-state index in [9.17, 15) is 0 Å². The predicted octanol–water partition coefficient (Wildman–Crippen LogP) is 3.71. The minimum atomic E-state index is 0.592. The highest BCUT2D eigenvalue weighted by molar-refractivity contribution is 7.18. The van der Waals surface area contributed by atoms with Crippen molar-refractivity contribution in [3.05, 3.63) is 41.7 Å². The molecule has 0 spiro atoms. The van der Waals surface area contributed by atoms with Crippen LogP contribution in [0.3, 0.4) is 0 Å². The maximum Gasteiger partial charge on any atom is 0.0999 e. The van der Waals surface area contributed by atoms with Crippen LogP contribution in [0.5, 0.6) is 0 Å². The summed E-state index contributed by atoms with van der Waals surface area (Å²) in [6.45, 7) is 2.18. The summed E-state index contributed by atoms with van der Waals surface area (Å²) in [5.41, 5.74) is 4.15. The number of nitrogens with zero attached hydrogens (tertiary/aromatic N) is 4. The second kappa shape index (κ2) is 5.89. The largest absolute Gasteiger partial charge is 0.317 e. The molecular weight excluding hydrogens is 330 g/mol. The van der Waals surface area contributed by atoms with Crippen molar-refractivity contribution in [3.8, 4) is 11.3 Å². The van der Waals surface area contributed by atoms with Gasteiger partial charge in [-0.2, -0.15) is 5.10 Å². The Morgan fingerprint density at radius 1 is 1.16 bits per heavy atom. The van der Waals surface area contributed by atoms with Gasteiger partial charge in [0.15, 0.2) is 0 Å². The van der Waals surface area contributed by atoms with E-state index < -0.39 is 0 Å². The molecule has 4 aromatic rings. The minimum absolute atomic E-state index is 0.592.